The smallest absolute Gasteiger partial charge is 0.255 e. The number of rotatable bonds is 7. The third kappa shape index (κ3) is 4.09. The van der Waals surface area contributed by atoms with Crippen LogP contribution in [0.3, 0.4) is 0 Å². The molecule has 2 saturated carbocycles. The second-order valence-electron chi connectivity index (χ2n) is 9.47. The summed E-state index contributed by atoms with van der Waals surface area (Å²) in [5, 5.41) is 11.2. The lowest BCUT2D eigenvalue weighted by molar-refractivity contribution is -0.108. The number of hydrogen-bond acceptors (Lipinski definition) is 6. The van der Waals surface area contributed by atoms with Gasteiger partial charge in [-0.2, -0.15) is 10.1 Å². The molecule has 0 unspecified atom stereocenters. The summed E-state index contributed by atoms with van der Waals surface area (Å²) in [4.78, 5) is 25.0. The number of H-pyrrole nitrogens is 1. The molecule has 0 saturated heterocycles. The molecule has 4 heterocycles. The summed E-state index contributed by atoms with van der Waals surface area (Å²) in [6.45, 7) is 0.231. The molecule has 0 radical (unpaired) electrons. The zero-order chi connectivity index (χ0) is 24.2. The number of halogens is 2. The van der Waals surface area contributed by atoms with Crippen molar-refractivity contribution in [2.75, 3.05) is 19.0 Å². The minimum absolute atomic E-state index is 0.180. The Kier molecular flexibility index (Phi) is 5.17. The predicted octanol–water partition coefficient (Wildman–Crippen LogP) is 3.64. The Balaban J connectivity index is 1.21. The average Bonchev–Trinajstić information content (AvgIpc) is 3.41. The average molecular weight is 482 g/mol. The van der Waals surface area contributed by atoms with Crippen LogP contribution in [0.4, 0.5) is 14.7 Å². The number of anilines is 1. The van der Waals surface area contributed by atoms with E-state index in [1.54, 1.807) is 24.0 Å². The molecule has 35 heavy (non-hydrogen) atoms. The van der Waals surface area contributed by atoms with Crippen molar-refractivity contribution in [2.24, 2.45) is 5.92 Å². The maximum atomic E-state index is 13.1. The monoisotopic (exact) mass is 481 g/mol. The maximum absolute atomic E-state index is 13.1. The van der Waals surface area contributed by atoms with Crippen LogP contribution >= 0.6 is 0 Å². The van der Waals surface area contributed by atoms with Gasteiger partial charge in [-0.15, -0.1) is 0 Å². The fourth-order valence-electron chi connectivity index (χ4n) is 4.86. The number of methoxy groups -OCH3 is 1. The molecule has 2 aliphatic rings. The molecule has 4 aromatic rings. The second-order valence-corrected chi connectivity index (χ2v) is 9.47. The molecule has 2 aliphatic carbocycles. The molecule has 11 heteroatoms. The van der Waals surface area contributed by atoms with E-state index in [2.05, 4.69) is 30.7 Å². The molecule has 0 bridgehead atoms. The SMILES string of the molecule is CO[C@H]1C[C@@H](Nc2ncc3c(-c4ccn5ncc(C(=O)NCC6CC(F)(F)C6)c5c4)c[nH]c3n2)C1. The van der Waals surface area contributed by atoms with Gasteiger partial charge in [0.25, 0.3) is 5.91 Å². The van der Waals surface area contributed by atoms with Crippen LogP contribution < -0.4 is 10.6 Å². The van der Waals surface area contributed by atoms with Crippen molar-refractivity contribution in [3.05, 3.63) is 42.5 Å². The number of nitrogens with zero attached hydrogens (tertiary/aromatic N) is 4. The molecule has 0 spiro atoms. The summed E-state index contributed by atoms with van der Waals surface area (Å²) in [6.07, 6.45) is 8.73. The zero-order valence-corrected chi connectivity index (χ0v) is 19.1. The highest BCUT2D eigenvalue weighted by Crippen LogP contribution is 2.41. The second kappa shape index (κ2) is 8.26. The van der Waals surface area contributed by atoms with Gasteiger partial charge in [0.2, 0.25) is 11.9 Å². The topological polar surface area (TPSA) is 109 Å². The van der Waals surface area contributed by atoms with E-state index in [0.29, 0.717) is 34.8 Å². The zero-order valence-electron chi connectivity index (χ0n) is 19.1. The van der Waals surface area contributed by atoms with Crippen LogP contribution in [0.15, 0.2) is 36.9 Å². The summed E-state index contributed by atoms with van der Waals surface area (Å²) in [6, 6.07) is 4.10. The third-order valence-corrected chi connectivity index (χ3v) is 7.00. The van der Waals surface area contributed by atoms with E-state index in [4.69, 9.17) is 4.74 Å². The molecule has 0 aliphatic heterocycles. The maximum Gasteiger partial charge on any atom is 0.255 e. The summed E-state index contributed by atoms with van der Waals surface area (Å²) >= 11 is 0. The van der Waals surface area contributed by atoms with E-state index in [1.165, 1.54) is 6.20 Å². The van der Waals surface area contributed by atoms with Crippen LogP contribution in [0.25, 0.3) is 27.7 Å². The van der Waals surface area contributed by atoms with E-state index in [0.717, 1.165) is 29.4 Å². The number of fused-ring (bicyclic) bond motifs is 2. The van der Waals surface area contributed by atoms with Crippen LogP contribution in [0.2, 0.25) is 0 Å². The van der Waals surface area contributed by atoms with Gasteiger partial charge < -0.3 is 20.4 Å². The Morgan fingerprint density at radius 2 is 2.14 bits per heavy atom. The van der Waals surface area contributed by atoms with Gasteiger partial charge in [0.15, 0.2) is 0 Å². The van der Waals surface area contributed by atoms with Crippen LogP contribution in [-0.4, -0.2) is 62.2 Å². The molecule has 6 rings (SSSR count). The quantitative estimate of drug-likeness (QED) is 0.372. The van der Waals surface area contributed by atoms with Crippen molar-refractivity contribution in [2.45, 2.75) is 43.8 Å². The number of aromatic nitrogens is 5. The minimum Gasteiger partial charge on any atom is -0.381 e. The number of aromatic amines is 1. The Bertz CT molecular complexity index is 1400. The number of ether oxygens (including phenoxy) is 1. The first-order valence-electron chi connectivity index (χ1n) is 11.7. The number of pyridine rings is 1. The largest absolute Gasteiger partial charge is 0.381 e. The van der Waals surface area contributed by atoms with Gasteiger partial charge >= 0.3 is 0 Å². The predicted molar refractivity (Wildman–Crippen MR) is 126 cm³/mol. The van der Waals surface area contributed by atoms with Crippen molar-refractivity contribution in [1.29, 1.82) is 0 Å². The van der Waals surface area contributed by atoms with Gasteiger partial charge in [0.1, 0.15) is 5.65 Å². The first kappa shape index (κ1) is 21.9. The highest BCUT2D eigenvalue weighted by atomic mass is 19.3. The molecule has 0 atom stereocenters. The first-order chi connectivity index (χ1) is 16.9. The van der Waals surface area contributed by atoms with Crippen LogP contribution in [0, 0.1) is 5.92 Å². The van der Waals surface area contributed by atoms with Crippen molar-refractivity contribution in [1.82, 2.24) is 29.9 Å². The van der Waals surface area contributed by atoms with Crippen molar-refractivity contribution in [3.63, 3.8) is 0 Å². The number of nitrogens with one attached hydrogen (secondary N) is 3. The third-order valence-electron chi connectivity index (χ3n) is 7.00. The number of hydrogen-bond donors (Lipinski definition) is 3. The molecule has 0 aromatic carbocycles. The molecule has 9 nitrogen and oxygen atoms in total. The lowest BCUT2D eigenvalue weighted by Crippen LogP contribution is -2.42. The number of alkyl halides is 2. The highest BCUT2D eigenvalue weighted by Gasteiger charge is 2.45. The molecule has 182 valence electrons. The molecular formula is C24H25F2N7O2. The van der Waals surface area contributed by atoms with Gasteiger partial charge in [-0.05, 0) is 36.5 Å². The first-order valence-corrected chi connectivity index (χ1v) is 11.7. The fraction of sp³-hybridized carbons (Fsp3) is 0.417. The molecule has 1 amide bonds. The van der Waals surface area contributed by atoms with Crippen LogP contribution in [-0.2, 0) is 4.74 Å². The minimum atomic E-state index is -2.60. The molecular weight excluding hydrogens is 456 g/mol. The van der Waals surface area contributed by atoms with Gasteiger partial charge in [-0.3, -0.25) is 4.79 Å². The van der Waals surface area contributed by atoms with E-state index in [-0.39, 0.29) is 31.2 Å². The lowest BCUT2D eigenvalue weighted by atomic mass is 9.81. The van der Waals surface area contributed by atoms with Crippen molar-refractivity contribution in [3.8, 4) is 11.1 Å². The Hall–Kier alpha value is -3.60. The van der Waals surface area contributed by atoms with E-state index >= 15 is 0 Å². The highest BCUT2D eigenvalue weighted by molar-refractivity contribution is 6.02. The van der Waals surface area contributed by atoms with Crippen molar-refractivity contribution < 1.29 is 18.3 Å². The van der Waals surface area contributed by atoms with Gasteiger partial charge in [0.05, 0.1) is 23.4 Å². The Labute approximate surface area is 199 Å². The summed E-state index contributed by atoms with van der Waals surface area (Å²) in [5.74, 6) is -2.54. The van der Waals surface area contributed by atoms with E-state index < -0.39 is 5.92 Å². The van der Waals surface area contributed by atoms with Gasteiger partial charge in [-0.1, -0.05) is 0 Å². The van der Waals surface area contributed by atoms with Crippen LogP contribution in [0.1, 0.15) is 36.0 Å². The summed E-state index contributed by atoms with van der Waals surface area (Å²) in [5.41, 5.74) is 3.52. The van der Waals surface area contributed by atoms with Crippen LogP contribution in [0.5, 0.6) is 0 Å². The fourth-order valence-corrected chi connectivity index (χ4v) is 4.86. The molecule has 4 aromatic heterocycles. The molecule has 2 fully saturated rings. The summed E-state index contributed by atoms with van der Waals surface area (Å²) < 4.78 is 33.1. The van der Waals surface area contributed by atoms with Crippen molar-refractivity contribution >= 4 is 28.4 Å². The standard InChI is InChI=1S/C24H25F2N7O2/c1-35-16-5-15(6-16)31-23-29-11-18-17(10-27-21(18)32-23)14-2-3-33-20(4-14)19(12-30-33)22(34)28-9-13-7-24(25,26)8-13/h2-4,10-13,15-16H,5-9H2,1H3,(H,28,34)(H2,27,29,31,32)/t15-,16+. The lowest BCUT2D eigenvalue weighted by Gasteiger charge is -2.34. The normalized spacial score (nSPS) is 21.6. The van der Waals surface area contributed by atoms with Gasteiger partial charge in [-0.25, -0.2) is 18.3 Å². The Morgan fingerprint density at radius 3 is 2.91 bits per heavy atom. The molecule has 3 N–H and O–H groups in total. The van der Waals surface area contributed by atoms with Gasteiger partial charge in [0, 0.05) is 62.1 Å². The number of carbonyl (C=O) groups excluding carboxylic acids is 1. The Morgan fingerprint density at radius 1 is 1.31 bits per heavy atom. The van der Waals surface area contributed by atoms with E-state index in [1.807, 2.05) is 18.3 Å². The summed E-state index contributed by atoms with van der Waals surface area (Å²) in [7, 11) is 1.72. The number of amides is 1. The number of carbonyl (C=O) groups is 1. The van der Waals surface area contributed by atoms with E-state index in [9.17, 15) is 13.6 Å².